The molecule has 4 aromatic carbocycles. The number of aromatic nitrogens is 1. The third-order valence-electron chi connectivity index (χ3n) is 6.76. The Hall–Kier alpha value is -7.68. The highest BCUT2D eigenvalue weighted by atomic mass is 32.1. The summed E-state index contributed by atoms with van der Waals surface area (Å²) in [6.45, 7) is 2.13. The van der Waals surface area contributed by atoms with Crippen LogP contribution in [0.15, 0.2) is 60.7 Å². The maximum Gasteiger partial charge on any atom is 0.0545 e. The second-order valence-electron chi connectivity index (χ2n) is 9.66. The number of H-pyrrole nitrogens is 1. The maximum absolute atomic E-state index is 4.97. The largest absolute Gasteiger partial charge is 0.354 e. The van der Waals surface area contributed by atoms with Gasteiger partial charge in [0.15, 0.2) is 0 Å². The number of benzene rings is 4. The van der Waals surface area contributed by atoms with Crippen molar-refractivity contribution in [3.63, 3.8) is 0 Å². The van der Waals surface area contributed by atoms with Gasteiger partial charge in [0.25, 0.3) is 0 Å². The summed E-state index contributed by atoms with van der Waals surface area (Å²) in [5, 5.41) is 7.41. The molecule has 0 aliphatic heterocycles. The van der Waals surface area contributed by atoms with Crippen LogP contribution in [-0.4, -0.2) is 4.98 Å². The minimum atomic E-state index is 0.897. The molecule has 0 amide bonds. The molecule has 1 nitrogen and oxygen atoms in total. The van der Waals surface area contributed by atoms with Crippen LogP contribution in [0.1, 0.15) is 11.1 Å². The molecule has 6 aromatic rings. The van der Waals surface area contributed by atoms with Crippen LogP contribution in [0.2, 0.25) is 0 Å². The highest BCUT2D eigenvalue weighted by molar-refractivity contribution is 7.26. The number of aryl methyl sites for hydroxylation is 1. The molecule has 0 radical (unpaired) electrons. The highest BCUT2D eigenvalue weighted by Crippen LogP contribution is 2.41. The van der Waals surface area contributed by atoms with Crippen LogP contribution < -0.4 is 0 Å². The van der Waals surface area contributed by atoms with Gasteiger partial charge in [0, 0.05) is 76.5 Å². The van der Waals surface area contributed by atoms with Crippen molar-refractivity contribution in [1.82, 2.24) is 4.98 Å². The zero-order valence-electron chi connectivity index (χ0n) is 24.8. The van der Waals surface area contributed by atoms with E-state index >= 15 is 0 Å². The quantitative estimate of drug-likeness (QED) is 0.178. The summed E-state index contributed by atoms with van der Waals surface area (Å²) in [4.78, 5) is 3.65. The molecule has 0 spiro atoms. The van der Waals surface area contributed by atoms with Gasteiger partial charge in [-0.15, -0.1) is 17.8 Å². The molecule has 0 saturated heterocycles. The van der Waals surface area contributed by atoms with E-state index in [9.17, 15) is 0 Å². The van der Waals surface area contributed by atoms with Crippen LogP contribution >= 0.6 is 11.3 Å². The van der Waals surface area contributed by atoms with E-state index in [2.05, 4.69) is 191 Å². The lowest BCUT2D eigenvalue weighted by Crippen LogP contribution is -1.77. The first kappa shape index (κ1) is 29.4. The van der Waals surface area contributed by atoms with Crippen molar-refractivity contribution in [2.45, 2.75) is 6.92 Å². The van der Waals surface area contributed by atoms with Crippen molar-refractivity contribution < 1.29 is 0 Å². The molecule has 1 N–H and O–H groups in total. The van der Waals surface area contributed by atoms with Gasteiger partial charge < -0.3 is 4.98 Å². The minimum absolute atomic E-state index is 0.897. The number of nitrogens with one attached hydrogen (secondary N) is 1. The Morgan fingerprint density at radius 2 is 1.00 bits per heavy atom. The fraction of sp³-hybridized carbons (Fsp3) is 0.0222. The van der Waals surface area contributed by atoms with E-state index in [1.54, 1.807) is 0 Å². The fourth-order valence-corrected chi connectivity index (χ4v) is 6.08. The molecule has 206 valence electrons. The molecular formula is C45H15NS. The first-order valence-electron chi connectivity index (χ1n) is 14.0. The molecular weight excluding hydrogens is 587 g/mol. The maximum atomic E-state index is 4.97. The van der Waals surface area contributed by atoms with Crippen molar-refractivity contribution in [2.75, 3.05) is 0 Å². The molecule has 0 saturated carbocycles. The van der Waals surface area contributed by atoms with Gasteiger partial charge in [0.05, 0.1) is 5.52 Å². The normalized spacial score (nSPS) is 8.51. The van der Waals surface area contributed by atoms with Gasteiger partial charge in [-0.25, -0.2) is 0 Å². The van der Waals surface area contributed by atoms with Crippen LogP contribution in [0.4, 0.5) is 0 Å². The lowest BCUT2D eigenvalue weighted by Gasteiger charge is -2.02. The molecule has 2 heterocycles. The molecule has 2 heteroatoms. The van der Waals surface area contributed by atoms with E-state index < -0.39 is 0 Å². The molecule has 0 aliphatic rings. The van der Waals surface area contributed by atoms with Crippen LogP contribution in [-0.2, 0) is 0 Å². The number of hydrogen-bond donors (Lipinski definition) is 1. The van der Waals surface area contributed by atoms with E-state index in [4.69, 9.17) is 6.42 Å². The van der Waals surface area contributed by atoms with Crippen molar-refractivity contribution >= 4 is 64.1 Å². The van der Waals surface area contributed by atoms with E-state index in [0.29, 0.717) is 0 Å². The number of thiophene rings is 1. The fourth-order valence-electron chi connectivity index (χ4n) is 4.87. The van der Waals surface area contributed by atoms with Gasteiger partial charge >= 0.3 is 0 Å². The first-order chi connectivity index (χ1) is 23.2. The van der Waals surface area contributed by atoms with E-state index in [1.165, 1.54) is 52.8 Å². The summed E-state index contributed by atoms with van der Waals surface area (Å²) in [5.74, 6) is 54.1. The molecule has 2 aromatic heterocycles. The first-order valence-corrected chi connectivity index (χ1v) is 14.8. The number of aromatic amines is 1. The Balaban J connectivity index is 1.13. The number of terminal acetylenes is 1. The Kier molecular flexibility index (Phi) is 8.88. The predicted octanol–water partition coefficient (Wildman–Crippen LogP) is 7.17. The van der Waals surface area contributed by atoms with Crippen molar-refractivity contribution in [1.29, 1.82) is 0 Å². The molecule has 0 unspecified atom stereocenters. The highest BCUT2D eigenvalue weighted by Gasteiger charge is 2.13. The standard InChI is InChI=1S/C45H15NS/c1-3-4-5-6-7-8-9-10-11-12-13-14-15-16-17-18-19-20-21-22-23-35-25-31-43-41(33-35)39-29-26-36-38(45(39)47-43)28-27-37-40-32-34(2)24-30-42(40)46-44(36)37/h1,24-33,46H,2H3. The number of hydrogen-bond acceptors (Lipinski definition) is 1. The van der Waals surface area contributed by atoms with Gasteiger partial charge in [-0.1, -0.05) is 41.8 Å². The lowest BCUT2D eigenvalue weighted by atomic mass is 10.0. The van der Waals surface area contributed by atoms with Crippen LogP contribution in [0.25, 0.3) is 52.8 Å². The monoisotopic (exact) mass is 601 g/mol. The Labute approximate surface area is 277 Å². The van der Waals surface area contributed by atoms with Crippen molar-refractivity contribution in [3.8, 4) is 131 Å². The molecule has 0 bridgehead atoms. The number of rotatable bonds is 0. The molecule has 47 heavy (non-hydrogen) atoms. The Bertz CT molecular complexity index is 3030. The van der Waals surface area contributed by atoms with Gasteiger partial charge in [0.1, 0.15) is 0 Å². The number of fused-ring (bicyclic) bond motifs is 9. The van der Waals surface area contributed by atoms with E-state index in [1.807, 2.05) is 17.4 Å². The average molecular weight is 602 g/mol. The zero-order valence-corrected chi connectivity index (χ0v) is 25.6. The molecule has 6 rings (SSSR count). The average Bonchev–Trinajstić information content (AvgIpc) is 3.65. The summed E-state index contributed by atoms with van der Waals surface area (Å²) in [5.41, 5.74) is 4.50. The third kappa shape index (κ3) is 6.78. The van der Waals surface area contributed by atoms with Gasteiger partial charge in [-0.3, -0.25) is 0 Å². The summed E-state index contributed by atoms with van der Waals surface area (Å²) >= 11 is 1.81. The third-order valence-corrected chi connectivity index (χ3v) is 7.98. The Morgan fingerprint density at radius 1 is 0.489 bits per heavy atom. The predicted molar refractivity (Wildman–Crippen MR) is 197 cm³/mol. The molecule has 0 atom stereocenters. The molecule has 0 fully saturated rings. The summed E-state index contributed by atoms with van der Waals surface area (Å²) in [6.07, 6.45) is 4.97. The smallest absolute Gasteiger partial charge is 0.0545 e. The summed E-state index contributed by atoms with van der Waals surface area (Å²) in [6, 6.07) is 21.8. The van der Waals surface area contributed by atoms with Gasteiger partial charge in [0.2, 0.25) is 0 Å². The minimum Gasteiger partial charge on any atom is -0.354 e. The van der Waals surface area contributed by atoms with Crippen molar-refractivity contribution in [3.05, 3.63) is 71.8 Å². The van der Waals surface area contributed by atoms with Gasteiger partial charge in [-0.2, -0.15) is 0 Å². The van der Waals surface area contributed by atoms with Crippen LogP contribution in [0.5, 0.6) is 0 Å². The lowest BCUT2D eigenvalue weighted by molar-refractivity contribution is 1.49. The summed E-state index contributed by atoms with van der Waals surface area (Å²) in [7, 11) is 0. The van der Waals surface area contributed by atoms with E-state index in [-0.39, 0.29) is 0 Å². The SMILES string of the molecule is C#CC#CC#CC#CC#CC#CC#CC#CC#CC#CC#Cc1ccc2sc3c(ccc4c3ccc3c5cc(C)ccc5[nH]c34)c2c1. The second kappa shape index (κ2) is 14.2. The van der Waals surface area contributed by atoms with Crippen LogP contribution in [0, 0.1) is 138 Å². The van der Waals surface area contributed by atoms with Gasteiger partial charge in [-0.05, 0) is 132 Å². The second-order valence-corrected chi connectivity index (χ2v) is 10.7. The van der Waals surface area contributed by atoms with E-state index in [0.717, 1.165) is 11.1 Å². The van der Waals surface area contributed by atoms with Crippen LogP contribution in [0.3, 0.4) is 0 Å². The zero-order chi connectivity index (χ0) is 32.3. The molecule has 0 aliphatic carbocycles. The Morgan fingerprint density at radius 3 is 1.60 bits per heavy atom. The summed E-state index contributed by atoms with van der Waals surface area (Å²) < 4.78 is 2.50. The van der Waals surface area contributed by atoms with Crippen molar-refractivity contribution in [2.24, 2.45) is 0 Å². The topological polar surface area (TPSA) is 15.8 Å².